The first-order chi connectivity index (χ1) is 17.0. The van der Waals surface area contributed by atoms with E-state index in [1.165, 1.54) is 26.0 Å². The standard InChI is InChI=1S/C28H33F3N2O3/c1-17-13-20-19-9-6-7-10-23(19)32-26(20)27(33(17)16-28(2,3)31)25-21(29)14-18(15-22(25)30)36-12-8-4-5-11-24(34)35/h6-7,9-10,14-15,17,27,32H,4-5,8,11-13,16H2,1-3H3,(H,34,35)/t17-,27-/m1/s1. The van der Waals surface area contributed by atoms with Crippen LogP contribution >= 0.6 is 0 Å². The van der Waals surface area contributed by atoms with Crippen molar-refractivity contribution in [1.82, 2.24) is 9.88 Å². The molecule has 0 bridgehead atoms. The molecule has 0 amide bonds. The number of alkyl halides is 1. The molecule has 2 aromatic carbocycles. The molecule has 3 aromatic rings. The van der Waals surface area contributed by atoms with Crippen LogP contribution < -0.4 is 4.74 Å². The van der Waals surface area contributed by atoms with Crippen LogP contribution in [0.25, 0.3) is 10.9 Å². The summed E-state index contributed by atoms with van der Waals surface area (Å²) in [4.78, 5) is 15.8. The summed E-state index contributed by atoms with van der Waals surface area (Å²) in [7, 11) is 0. The fourth-order valence-electron chi connectivity index (χ4n) is 5.15. The van der Waals surface area contributed by atoms with E-state index >= 15 is 8.78 Å². The van der Waals surface area contributed by atoms with Gasteiger partial charge in [-0.3, -0.25) is 9.69 Å². The predicted octanol–water partition coefficient (Wildman–Crippen LogP) is 6.55. The van der Waals surface area contributed by atoms with Crippen LogP contribution in [0.2, 0.25) is 0 Å². The molecule has 0 radical (unpaired) electrons. The highest BCUT2D eigenvalue weighted by Crippen LogP contribution is 2.43. The number of carboxylic acids is 1. The number of H-pyrrole nitrogens is 1. The van der Waals surface area contributed by atoms with Crippen molar-refractivity contribution < 1.29 is 27.8 Å². The topological polar surface area (TPSA) is 65.6 Å². The number of unbranched alkanes of at least 4 members (excludes halogenated alkanes) is 2. The van der Waals surface area contributed by atoms with Gasteiger partial charge < -0.3 is 14.8 Å². The number of aromatic amines is 1. The Bertz CT molecular complexity index is 1210. The van der Waals surface area contributed by atoms with Gasteiger partial charge >= 0.3 is 5.97 Å². The molecule has 0 saturated heterocycles. The maximum absolute atomic E-state index is 15.6. The highest BCUT2D eigenvalue weighted by Gasteiger charge is 2.41. The summed E-state index contributed by atoms with van der Waals surface area (Å²) in [5.74, 6) is -2.27. The van der Waals surface area contributed by atoms with E-state index in [9.17, 15) is 9.18 Å². The van der Waals surface area contributed by atoms with Gasteiger partial charge in [0.15, 0.2) is 0 Å². The first-order valence-electron chi connectivity index (χ1n) is 12.4. The summed E-state index contributed by atoms with van der Waals surface area (Å²) in [6.45, 7) is 5.14. The Morgan fingerprint density at radius 1 is 1.17 bits per heavy atom. The zero-order valence-electron chi connectivity index (χ0n) is 20.9. The number of rotatable bonds is 10. The minimum absolute atomic E-state index is 0.0150. The Kier molecular flexibility index (Phi) is 7.64. The average molecular weight is 503 g/mol. The molecule has 36 heavy (non-hydrogen) atoms. The van der Waals surface area contributed by atoms with E-state index in [0.717, 1.165) is 16.5 Å². The number of hydrogen-bond acceptors (Lipinski definition) is 3. The SMILES string of the molecule is C[C@@H]1Cc2c([nH]c3ccccc23)[C@@H](c2c(F)cc(OCCCCCC(=O)O)cc2F)N1CC(C)(C)F. The third kappa shape index (κ3) is 5.69. The number of ether oxygens (including phenoxy) is 1. The van der Waals surface area contributed by atoms with E-state index in [1.54, 1.807) is 0 Å². The van der Waals surface area contributed by atoms with Crippen molar-refractivity contribution in [1.29, 1.82) is 0 Å². The van der Waals surface area contributed by atoms with E-state index in [0.29, 0.717) is 31.4 Å². The van der Waals surface area contributed by atoms with Crippen molar-refractivity contribution >= 4 is 16.9 Å². The van der Waals surface area contributed by atoms with Crippen molar-refractivity contribution in [3.63, 3.8) is 0 Å². The second-order valence-electron chi connectivity index (χ2n) is 10.3. The minimum Gasteiger partial charge on any atom is -0.493 e. The number of hydrogen-bond donors (Lipinski definition) is 2. The molecule has 1 aliphatic heterocycles. The van der Waals surface area contributed by atoms with Crippen molar-refractivity contribution in [3.05, 3.63) is 64.9 Å². The van der Waals surface area contributed by atoms with Crippen LogP contribution in [-0.2, 0) is 11.2 Å². The molecule has 0 unspecified atom stereocenters. The molecule has 8 heteroatoms. The summed E-state index contributed by atoms with van der Waals surface area (Å²) in [6, 6.07) is 9.14. The number of fused-ring (bicyclic) bond motifs is 3. The smallest absolute Gasteiger partial charge is 0.303 e. The van der Waals surface area contributed by atoms with Crippen LogP contribution in [0, 0.1) is 11.6 Å². The molecule has 0 saturated carbocycles. The van der Waals surface area contributed by atoms with Crippen molar-refractivity contribution in [2.45, 2.75) is 70.6 Å². The van der Waals surface area contributed by atoms with Crippen molar-refractivity contribution in [3.8, 4) is 5.75 Å². The fraction of sp³-hybridized carbons (Fsp3) is 0.464. The van der Waals surface area contributed by atoms with Gasteiger partial charge in [-0.05, 0) is 58.1 Å². The van der Waals surface area contributed by atoms with Crippen LogP contribution in [0.4, 0.5) is 13.2 Å². The van der Waals surface area contributed by atoms with E-state index in [-0.39, 0.29) is 36.9 Å². The first-order valence-corrected chi connectivity index (χ1v) is 12.4. The van der Waals surface area contributed by atoms with Crippen LogP contribution in [0.3, 0.4) is 0 Å². The summed E-state index contributed by atoms with van der Waals surface area (Å²) >= 11 is 0. The average Bonchev–Trinajstić information content (AvgIpc) is 3.14. The van der Waals surface area contributed by atoms with Crippen molar-refractivity contribution in [2.24, 2.45) is 0 Å². The Morgan fingerprint density at radius 2 is 1.86 bits per heavy atom. The van der Waals surface area contributed by atoms with Gasteiger partial charge in [0.05, 0.1) is 12.6 Å². The fourth-order valence-corrected chi connectivity index (χ4v) is 5.15. The molecule has 1 aromatic heterocycles. The maximum Gasteiger partial charge on any atom is 0.303 e. The molecule has 0 spiro atoms. The number of halogens is 3. The van der Waals surface area contributed by atoms with E-state index in [1.807, 2.05) is 36.1 Å². The van der Waals surface area contributed by atoms with Crippen LogP contribution in [0.1, 0.15) is 69.3 Å². The quantitative estimate of drug-likeness (QED) is 0.309. The van der Waals surface area contributed by atoms with Crippen LogP contribution in [-0.4, -0.2) is 45.8 Å². The zero-order chi connectivity index (χ0) is 26.0. The molecule has 194 valence electrons. The Balaban J connectivity index is 1.66. The first kappa shape index (κ1) is 26.1. The number of carbonyl (C=O) groups is 1. The predicted molar refractivity (Wildman–Crippen MR) is 133 cm³/mol. The number of benzene rings is 2. The number of carboxylic acid groups (broad SMARTS) is 1. The molecule has 2 atom stereocenters. The lowest BCUT2D eigenvalue weighted by Crippen LogP contribution is -2.48. The largest absolute Gasteiger partial charge is 0.493 e. The summed E-state index contributed by atoms with van der Waals surface area (Å²) in [6.07, 6.45) is 2.47. The normalized spacial score (nSPS) is 18.4. The lowest BCUT2D eigenvalue weighted by molar-refractivity contribution is -0.137. The van der Waals surface area contributed by atoms with Gasteiger partial charge in [-0.1, -0.05) is 18.2 Å². The Hall–Kier alpha value is -3.00. The van der Waals surface area contributed by atoms with E-state index in [4.69, 9.17) is 9.84 Å². The zero-order valence-corrected chi connectivity index (χ0v) is 20.9. The third-order valence-electron chi connectivity index (χ3n) is 6.71. The van der Waals surface area contributed by atoms with Gasteiger partial charge in [-0.2, -0.15) is 0 Å². The molecule has 4 rings (SSSR count). The second-order valence-corrected chi connectivity index (χ2v) is 10.3. The lowest BCUT2D eigenvalue weighted by atomic mass is 9.87. The molecule has 2 N–H and O–H groups in total. The number of para-hydroxylation sites is 1. The van der Waals surface area contributed by atoms with Gasteiger partial charge in [-0.25, -0.2) is 13.2 Å². The minimum atomic E-state index is -1.56. The second kappa shape index (κ2) is 10.5. The molecule has 0 aliphatic carbocycles. The van der Waals surface area contributed by atoms with Gasteiger partial charge in [0.1, 0.15) is 23.1 Å². The number of nitrogens with one attached hydrogen (secondary N) is 1. The van der Waals surface area contributed by atoms with E-state index in [2.05, 4.69) is 4.98 Å². The number of aliphatic carboxylic acids is 1. The van der Waals surface area contributed by atoms with Gasteiger partial charge in [0, 0.05) is 53.3 Å². The molecule has 0 fully saturated rings. The van der Waals surface area contributed by atoms with E-state index < -0.39 is 29.3 Å². The van der Waals surface area contributed by atoms with Crippen LogP contribution in [0.5, 0.6) is 5.75 Å². The summed E-state index contributed by atoms with van der Waals surface area (Å²) in [5, 5.41) is 9.71. The molecule has 5 nitrogen and oxygen atoms in total. The molecule has 1 aliphatic rings. The van der Waals surface area contributed by atoms with Gasteiger partial charge in [0.2, 0.25) is 0 Å². The Morgan fingerprint density at radius 3 is 2.53 bits per heavy atom. The highest BCUT2D eigenvalue weighted by atomic mass is 19.1. The van der Waals surface area contributed by atoms with Crippen LogP contribution in [0.15, 0.2) is 36.4 Å². The maximum atomic E-state index is 15.6. The summed E-state index contributed by atoms with van der Waals surface area (Å²) in [5.41, 5.74) is 0.865. The summed E-state index contributed by atoms with van der Waals surface area (Å²) < 4.78 is 51.6. The molecular formula is C28H33F3N2O3. The molecule has 2 heterocycles. The number of nitrogens with zero attached hydrogens (tertiary/aromatic N) is 1. The Labute approximate surface area is 209 Å². The third-order valence-corrected chi connectivity index (χ3v) is 6.71. The van der Waals surface area contributed by atoms with Crippen molar-refractivity contribution in [2.75, 3.05) is 13.2 Å². The van der Waals surface area contributed by atoms with Gasteiger partial charge in [0.25, 0.3) is 0 Å². The lowest BCUT2D eigenvalue weighted by Gasteiger charge is -2.43. The number of aromatic nitrogens is 1. The monoisotopic (exact) mass is 502 g/mol. The van der Waals surface area contributed by atoms with Gasteiger partial charge in [-0.15, -0.1) is 0 Å². The highest BCUT2D eigenvalue weighted by molar-refractivity contribution is 5.85. The molecular weight excluding hydrogens is 469 g/mol.